The van der Waals surface area contributed by atoms with Crippen LogP contribution in [0.25, 0.3) is 0 Å². The Labute approximate surface area is 91.5 Å². The standard InChI is InChI=1S/C12H21NO2/c1-4-12(2,3)9-13-7-10-5-6-11(8-14)15-10/h5-6,13-14H,4,7-9H2,1-3H3. The van der Waals surface area contributed by atoms with Crippen LogP contribution in [0.15, 0.2) is 16.5 Å². The molecule has 2 N–H and O–H groups in total. The van der Waals surface area contributed by atoms with Crippen molar-refractivity contribution in [1.82, 2.24) is 5.32 Å². The van der Waals surface area contributed by atoms with Gasteiger partial charge in [0.05, 0.1) is 6.54 Å². The van der Waals surface area contributed by atoms with E-state index < -0.39 is 0 Å². The summed E-state index contributed by atoms with van der Waals surface area (Å²) in [5.74, 6) is 1.51. The summed E-state index contributed by atoms with van der Waals surface area (Å²) < 4.78 is 5.37. The van der Waals surface area contributed by atoms with Crippen LogP contribution in [0.3, 0.4) is 0 Å². The minimum absolute atomic E-state index is 0.0273. The number of rotatable bonds is 6. The molecular formula is C12H21NO2. The molecule has 0 aliphatic rings. The number of furan rings is 1. The highest BCUT2D eigenvalue weighted by atomic mass is 16.4. The first-order chi connectivity index (χ1) is 7.07. The highest BCUT2D eigenvalue weighted by Crippen LogP contribution is 2.18. The third-order valence-electron chi connectivity index (χ3n) is 2.73. The first-order valence-electron chi connectivity index (χ1n) is 5.46. The van der Waals surface area contributed by atoms with E-state index in [0.717, 1.165) is 25.3 Å². The van der Waals surface area contributed by atoms with Crippen LogP contribution >= 0.6 is 0 Å². The van der Waals surface area contributed by atoms with Crippen LogP contribution in [0.5, 0.6) is 0 Å². The van der Waals surface area contributed by atoms with Gasteiger partial charge >= 0.3 is 0 Å². The van der Waals surface area contributed by atoms with Crippen LogP contribution in [0, 0.1) is 5.41 Å². The molecule has 0 amide bonds. The monoisotopic (exact) mass is 211 g/mol. The molecule has 0 aliphatic carbocycles. The molecule has 1 aromatic heterocycles. The summed E-state index contributed by atoms with van der Waals surface area (Å²) in [6.07, 6.45) is 1.15. The van der Waals surface area contributed by atoms with Crippen LogP contribution < -0.4 is 5.32 Å². The predicted molar refractivity (Wildman–Crippen MR) is 60.4 cm³/mol. The SMILES string of the molecule is CCC(C)(C)CNCc1ccc(CO)o1. The molecule has 0 bridgehead atoms. The molecule has 0 unspecified atom stereocenters. The maximum Gasteiger partial charge on any atom is 0.129 e. The van der Waals surface area contributed by atoms with E-state index in [1.165, 1.54) is 0 Å². The number of aliphatic hydroxyl groups excluding tert-OH is 1. The zero-order chi connectivity index (χ0) is 11.3. The minimum atomic E-state index is -0.0273. The lowest BCUT2D eigenvalue weighted by Crippen LogP contribution is -2.28. The van der Waals surface area contributed by atoms with Crippen molar-refractivity contribution < 1.29 is 9.52 Å². The molecule has 1 heterocycles. The zero-order valence-corrected chi connectivity index (χ0v) is 9.84. The van der Waals surface area contributed by atoms with Crippen molar-refractivity contribution >= 4 is 0 Å². The fourth-order valence-corrected chi connectivity index (χ4v) is 1.25. The highest BCUT2D eigenvalue weighted by molar-refractivity contribution is 5.06. The van der Waals surface area contributed by atoms with E-state index >= 15 is 0 Å². The number of hydrogen-bond acceptors (Lipinski definition) is 3. The number of aliphatic hydroxyl groups is 1. The molecule has 3 nitrogen and oxygen atoms in total. The van der Waals surface area contributed by atoms with E-state index in [0.29, 0.717) is 11.2 Å². The van der Waals surface area contributed by atoms with E-state index in [2.05, 4.69) is 26.1 Å². The Kier molecular flexibility index (Phi) is 4.36. The van der Waals surface area contributed by atoms with Crippen molar-refractivity contribution in [1.29, 1.82) is 0 Å². The Hall–Kier alpha value is -0.800. The van der Waals surface area contributed by atoms with Crippen LogP contribution in [0.2, 0.25) is 0 Å². The molecule has 0 saturated heterocycles. The number of nitrogens with one attached hydrogen (secondary N) is 1. The summed E-state index contributed by atoms with van der Waals surface area (Å²) in [5.41, 5.74) is 0.326. The Balaban J connectivity index is 2.31. The third kappa shape index (κ3) is 4.06. The van der Waals surface area contributed by atoms with Crippen LogP contribution in [-0.4, -0.2) is 11.7 Å². The van der Waals surface area contributed by atoms with Crippen LogP contribution in [0.1, 0.15) is 38.7 Å². The smallest absolute Gasteiger partial charge is 0.129 e. The maximum absolute atomic E-state index is 8.83. The Morgan fingerprint density at radius 3 is 2.53 bits per heavy atom. The van der Waals surface area contributed by atoms with E-state index in [4.69, 9.17) is 9.52 Å². The summed E-state index contributed by atoms with van der Waals surface area (Å²) >= 11 is 0. The fraction of sp³-hybridized carbons (Fsp3) is 0.667. The molecular weight excluding hydrogens is 190 g/mol. The van der Waals surface area contributed by atoms with Gasteiger partial charge in [-0.25, -0.2) is 0 Å². The van der Waals surface area contributed by atoms with Gasteiger partial charge in [-0.2, -0.15) is 0 Å². The highest BCUT2D eigenvalue weighted by Gasteiger charge is 2.14. The molecule has 1 rings (SSSR count). The van der Waals surface area contributed by atoms with E-state index in [9.17, 15) is 0 Å². The van der Waals surface area contributed by atoms with Gasteiger partial charge in [0.2, 0.25) is 0 Å². The molecule has 0 spiro atoms. The second kappa shape index (κ2) is 5.33. The lowest BCUT2D eigenvalue weighted by atomic mass is 9.90. The van der Waals surface area contributed by atoms with Crippen molar-refractivity contribution in [2.75, 3.05) is 6.54 Å². The van der Waals surface area contributed by atoms with Crippen molar-refractivity contribution in [3.63, 3.8) is 0 Å². The Morgan fingerprint density at radius 2 is 2.00 bits per heavy atom. The summed E-state index contributed by atoms with van der Waals surface area (Å²) in [4.78, 5) is 0. The molecule has 86 valence electrons. The quantitative estimate of drug-likeness (QED) is 0.759. The largest absolute Gasteiger partial charge is 0.462 e. The van der Waals surface area contributed by atoms with Gasteiger partial charge in [0.15, 0.2) is 0 Å². The normalized spacial score (nSPS) is 12.0. The number of hydrogen-bond donors (Lipinski definition) is 2. The molecule has 0 aromatic carbocycles. The van der Waals surface area contributed by atoms with Crippen molar-refractivity contribution in [2.24, 2.45) is 5.41 Å². The van der Waals surface area contributed by atoms with E-state index in [-0.39, 0.29) is 6.61 Å². The second-order valence-corrected chi connectivity index (χ2v) is 4.65. The molecule has 0 fully saturated rings. The third-order valence-corrected chi connectivity index (χ3v) is 2.73. The Morgan fingerprint density at radius 1 is 1.33 bits per heavy atom. The summed E-state index contributed by atoms with van der Waals surface area (Å²) in [6, 6.07) is 3.71. The van der Waals surface area contributed by atoms with Gasteiger partial charge in [-0.05, 0) is 24.0 Å². The molecule has 0 radical (unpaired) electrons. The van der Waals surface area contributed by atoms with Gasteiger partial charge in [0.1, 0.15) is 18.1 Å². The molecule has 0 aliphatic heterocycles. The summed E-state index contributed by atoms with van der Waals surface area (Å²) in [7, 11) is 0. The average molecular weight is 211 g/mol. The minimum Gasteiger partial charge on any atom is -0.462 e. The topological polar surface area (TPSA) is 45.4 Å². The molecule has 0 saturated carbocycles. The zero-order valence-electron chi connectivity index (χ0n) is 9.84. The van der Waals surface area contributed by atoms with Gasteiger partial charge in [-0.1, -0.05) is 20.8 Å². The maximum atomic E-state index is 8.83. The van der Waals surface area contributed by atoms with Crippen molar-refractivity contribution in [3.8, 4) is 0 Å². The average Bonchev–Trinajstić information content (AvgIpc) is 2.66. The van der Waals surface area contributed by atoms with Crippen molar-refractivity contribution in [2.45, 2.75) is 40.3 Å². The van der Waals surface area contributed by atoms with Crippen LogP contribution in [-0.2, 0) is 13.2 Å². The first kappa shape index (κ1) is 12.3. The van der Waals surface area contributed by atoms with Gasteiger partial charge < -0.3 is 14.8 Å². The molecule has 1 aromatic rings. The molecule has 15 heavy (non-hydrogen) atoms. The fourth-order valence-electron chi connectivity index (χ4n) is 1.25. The summed E-state index contributed by atoms with van der Waals surface area (Å²) in [6.45, 7) is 8.34. The van der Waals surface area contributed by atoms with Gasteiger partial charge in [-0.15, -0.1) is 0 Å². The second-order valence-electron chi connectivity index (χ2n) is 4.65. The van der Waals surface area contributed by atoms with Crippen LogP contribution in [0.4, 0.5) is 0 Å². The lowest BCUT2D eigenvalue weighted by Gasteiger charge is -2.22. The van der Waals surface area contributed by atoms with E-state index in [1.807, 2.05) is 12.1 Å². The van der Waals surface area contributed by atoms with Gasteiger partial charge in [0.25, 0.3) is 0 Å². The van der Waals surface area contributed by atoms with Gasteiger partial charge in [-0.3, -0.25) is 0 Å². The van der Waals surface area contributed by atoms with E-state index in [1.54, 1.807) is 0 Å². The lowest BCUT2D eigenvalue weighted by molar-refractivity contribution is 0.241. The molecule has 3 heteroatoms. The molecule has 0 atom stereocenters. The Bertz CT molecular complexity index is 292. The predicted octanol–water partition coefficient (Wildman–Crippen LogP) is 2.30. The van der Waals surface area contributed by atoms with Gasteiger partial charge in [0, 0.05) is 6.54 Å². The summed E-state index contributed by atoms with van der Waals surface area (Å²) in [5, 5.41) is 12.2. The first-order valence-corrected chi connectivity index (χ1v) is 5.46. The van der Waals surface area contributed by atoms with Crippen molar-refractivity contribution in [3.05, 3.63) is 23.7 Å².